The molecular weight excluding hydrogens is 391 g/mol. The standard InChI is InChI=1S/C21H21FN4S2/c1-15-2-8-18(9-3-15)23-20(27)25-10-12-26(13-11-25)21-24-19(14-28-21)16-4-6-17(22)7-5-16/h2-9,14H,10-13H2,1H3,(H,23,27). The van der Waals surface area contributed by atoms with Crippen molar-refractivity contribution in [1.29, 1.82) is 0 Å². The van der Waals surface area contributed by atoms with E-state index >= 15 is 0 Å². The van der Waals surface area contributed by atoms with Crippen molar-refractivity contribution >= 4 is 39.5 Å². The number of thiocarbonyl (C=S) groups is 1. The first-order chi connectivity index (χ1) is 13.6. The first-order valence-electron chi connectivity index (χ1n) is 9.17. The lowest BCUT2D eigenvalue weighted by molar-refractivity contribution is 0.390. The van der Waals surface area contributed by atoms with Crippen LogP contribution in [0.2, 0.25) is 0 Å². The molecule has 0 amide bonds. The van der Waals surface area contributed by atoms with Crippen LogP contribution in [0.1, 0.15) is 5.56 Å². The van der Waals surface area contributed by atoms with Crippen molar-refractivity contribution in [3.8, 4) is 11.3 Å². The van der Waals surface area contributed by atoms with Crippen LogP contribution < -0.4 is 10.2 Å². The number of thiazole rings is 1. The number of aromatic nitrogens is 1. The van der Waals surface area contributed by atoms with E-state index in [1.807, 2.05) is 17.5 Å². The highest BCUT2D eigenvalue weighted by atomic mass is 32.1. The summed E-state index contributed by atoms with van der Waals surface area (Å²) in [7, 11) is 0. The van der Waals surface area contributed by atoms with Crippen molar-refractivity contribution in [3.63, 3.8) is 0 Å². The van der Waals surface area contributed by atoms with Gasteiger partial charge in [0.15, 0.2) is 10.2 Å². The molecule has 1 fully saturated rings. The van der Waals surface area contributed by atoms with Crippen LogP contribution in [-0.2, 0) is 0 Å². The lowest BCUT2D eigenvalue weighted by Crippen LogP contribution is -2.50. The third kappa shape index (κ3) is 4.31. The van der Waals surface area contributed by atoms with E-state index in [0.29, 0.717) is 0 Å². The molecule has 0 saturated carbocycles. The van der Waals surface area contributed by atoms with Crippen molar-refractivity contribution < 1.29 is 4.39 Å². The zero-order valence-electron chi connectivity index (χ0n) is 15.6. The monoisotopic (exact) mass is 412 g/mol. The second-order valence-corrected chi connectivity index (χ2v) is 8.02. The molecule has 0 unspecified atom stereocenters. The molecule has 2 heterocycles. The number of benzene rings is 2. The summed E-state index contributed by atoms with van der Waals surface area (Å²) in [6.07, 6.45) is 0. The van der Waals surface area contributed by atoms with E-state index in [4.69, 9.17) is 17.2 Å². The average molecular weight is 413 g/mol. The number of anilines is 2. The van der Waals surface area contributed by atoms with Gasteiger partial charge in [-0.3, -0.25) is 0 Å². The van der Waals surface area contributed by atoms with Crippen molar-refractivity contribution in [2.75, 3.05) is 36.4 Å². The molecule has 0 spiro atoms. The van der Waals surface area contributed by atoms with Gasteiger partial charge in [0, 0.05) is 42.8 Å². The molecule has 0 bridgehead atoms. The summed E-state index contributed by atoms with van der Waals surface area (Å²) in [6, 6.07) is 14.7. The van der Waals surface area contributed by atoms with Crippen LogP contribution in [-0.4, -0.2) is 41.2 Å². The van der Waals surface area contributed by atoms with Crippen LogP contribution in [0, 0.1) is 12.7 Å². The molecular formula is C21H21FN4S2. The number of piperazine rings is 1. The third-order valence-electron chi connectivity index (χ3n) is 4.77. The summed E-state index contributed by atoms with van der Waals surface area (Å²) in [6.45, 7) is 5.51. The summed E-state index contributed by atoms with van der Waals surface area (Å²) in [5.74, 6) is -0.231. The Morgan fingerprint density at radius 1 is 1.04 bits per heavy atom. The minimum absolute atomic E-state index is 0.231. The molecule has 0 radical (unpaired) electrons. The van der Waals surface area contributed by atoms with E-state index in [1.165, 1.54) is 17.7 Å². The molecule has 1 aromatic heterocycles. The van der Waals surface area contributed by atoms with E-state index in [-0.39, 0.29) is 5.82 Å². The van der Waals surface area contributed by atoms with Gasteiger partial charge in [0.25, 0.3) is 0 Å². The number of hydrogen-bond donors (Lipinski definition) is 1. The van der Waals surface area contributed by atoms with Gasteiger partial charge in [-0.2, -0.15) is 0 Å². The zero-order valence-corrected chi connectivity index (χ0v) is 17.2. The van der Waals surface area contributed by atoms with Gasteiger partial charge in [-0.05, 0) is 55.5 Å². The second kappa shape index (κ2) is 8.24. The molecule has 28 heavy (non-hydrogen) atoms. The summed E-state index contributed by atoms with van der Waals surface area (Å²) < 4.78 is 13.1. The van der Waals surface area contributed by atoms with Gasteiger partial charge in [0.2, 0.25) is 0 Å². The van der Waals surface area contributed by atoms with Crippen molar-refractivity contribution in [3.05, 3.63) is 65.3 Å². The second-order valence-electron chi connectivity index (χ2n) is 6.79. The number of halogens is 1. The molecule has 2 aromatic carbocycles. The molecule has 144 valence electrons. The van der Waals surface area contributed by atoms with Gasteiger partial charge in [-0.15, -0.1) is 11.3 Å². The van der Waals surface area contributed by atoms with Gasteiger partial charge >= 0.3 is 0 Å². The molecule has 1 aliphatic heterocycles. The fraction of sp³-hybridized carbons (Fsp3) is 0.238. The van der Waals surface area contributed by atoms with E-state index in [0.717, 1.165) is 53.4 Å². The highest BCUT2D eigenvalue weighted by Crippen LogP contribution is 2.28. The Morgan fingerprint density at radius 2 is 1.71 bits per heavy atom. The van der Waals surface area contributed by atoms with Gasteiger partial charge in [0.05, 0.1) is 5.69 Å². The lowest BCUT2D eigenvalue weighted by Gasteiger charge is -2.36. The molecule has 4 nitrogen and oxygen atoms in total. The Balaban J connectivity index is 1.34. The smallest absolute Gasteiger partial charge is 0.185 e. The fourth-order valence-electron chi connectivity index (χ4n) is 3.10. The van der Waals surface area contributed by atoms with Gasteiger partial charge in [-0.25, -0.2) is 9.37 Å². The molecule has 1 aliphatic rings. The number of nitrogens with zero attached hydrogens (tertiary/aromatic N) is 3. The molecule has 0 aliphatic carbocycles. The highest BCUT2D eigenvalue weighted by Gasteiger charge is 2.21. The van der Waals surface area contributed by atoms with E-state index in [2.05, 4.69) is 34.2 Å². The van der Waals surface area contributed by atoms with Crippen LogP contribution in [0.4, 0.5) is 15.2 Å². The Labute approximate surface area is 173 Å². The minimum Gasteiger partial charge on any atom is -0.345 e. The van der Waals surface area contributed by atoms with Crippen LogP contribution in [0.25, 0.3) is 11.3 Å². The lowest BCUT2D eigenvalue weighted by atomic mass is 10.2. The summed E-state index contributed by atoms with van der Waals surface area (Å²) in [5, 5.41) is 7.10. The summed E-state index contributed by atoms with van der Waals surface area (Å²) in [5.41, 5.74) is 4.07. The van der Waals surface area contributed by atoms with E-state index in [1.54, 1.807) is 23.5 Å². The predicted molar refractivity (Wildman–Crippen MR) is 119 cm³/mol. The molecule has 1 N–H and O–H groups in total. The predicted octanol–water partition coefficient (Wildman–Crippen LogP) is 4.78. The van der Waals surface area contributed by atoms with Gasteiger partial charge < -0.3 is 15.1 Å². The quantitative estimate of drug-likeness (QED) is 0.626. The molecule has 3 aromatic rings. The van der Waals surface area contributed by atoms with Crippen molar-refractivity contribution in [1.82, 2.24) is 9.88 Å². The normalized spacial score (nSPS) is 14.2. The average Bonchev–Trinajstić information content (AvgIpc) is 3.20. The Hall–Kier alpha value is -2.51. The SMILES string of the molecule is Cc1ccc(NC(=S)N2CCN(c3nc(-c4ccc(F)cc4)cs3)CC2)cc1. The number of aryl methyl sites for hydroxylation is 1. The molecule has 1 saturated heterocycles. The maximum atomic E-state index is 13.1. The number of rotatable bonds is 3. The first kappa shape index (κ1) is 18.8. The molecule has 4 rings (SSSR count). The maximum Gasteiger partial charge on any atom is 0.185 e. The van der Waals surface area contributed by atoms with Crippen LogP contribution in [0.15, 0.2) is 53.9 Å². The number of hydrogen-bond acceptors (Lipinski definition) is 4. The minimum atomic E-state index is -0.231. The largest absolute Gasteiger partial charge is 0.345 e. The number of nitrogens with one attached hydrogen (secondary N) is 1. The summed E-state index contributed by atoms with van der Waals surface area (Å²) >= 11 is 7.20. The van der Waals surface area contributed by atoms with Gasteiger partial charge in [0.1, 0.15) is 5.82 Å². The summed E-state index contributed by atoms with van der Waals surface area (Å²) in [4.78, 5) is 9.21. The third-order valence-corrected chi connectivity index (χ3v) is 6.03. The van der Waals surface area contributed by atoms with Crippen LogP contribution in [0.5, 0.6) is 0 Å². The topological polar surface area (TPSA) is 31.4 Å². The zero-order chi connectivity index (χ0) is 19.5. The Kier molecular flexibility index (Phi) is 5.54. The Bertz CT molecular complexity index is 945. The van der Waals surface area contributed by atoms with Crippen LogP contribution in [0.3, 0.4) is 0 Å². The van der Waals surface area contributed by atoms with E-state index in [9.17, 15) is 4.39 Å². The first-order valence-corrected chi connectivity index (χ1v) is 10.5. The van der Waals surface area contributed by atoms with Crippen molar-refractivity contribution in [2.45, 2.75) is 6.92 Å². The molecule has 0 atom stereocenters. The highest BCUT2D eigenvalue weighted by molar-refractivity contribution is 7.80. The maximum absolute atomic E-state index is 13.1. The van der Waals surface area contributed by atoms with Crippen LogP contribution >= 0.6 is 23.6 Å². The van der Waals surface area contributed by atoms with E-state index < -0.39 is 0 Å². The van der Waals surface area contributed by atoms with Crippen molar-refractivity contribution in [2.24, 2.45) is 0 Å². The molecule has 7 heteroatoms. The Morgan fingerprint density at radius 3 is 2.39 bits per heavy atom. The fourth-order valence-corrected chi connectivity index (χ4v) is 4.29. The van der Waals surface area contributed by atoms with Gasteiger partial charge in [-0.1, -0.05) is 17.7 Å².